The number of benzene rings is 1. The van der Waals surface area contributed by atoms with Crippen LogP contribution in [-0.4, -0.2) is 12.9 Å². The molecule has 0 atom stereocenters. The number of oxime groups is 1. The molecule has 1 rings (SSSR count). The highest BCUT2D eigenvalue weighted by atomic mass is 35.5. The third kappa shape index (κ3) is 4.22. The zero-order valence-electron chi connectivity index (χ0n) is 8.64. The van der Waals surface area contributed by atoms with Crippen LogP contribution in [0.15, 0.2) is 23.4 Å². The maximum Gasteiger partial charge on any atom is 0.170 e. The van der Waals surface area contributed by atoms with Crippen LogP contribution < -0.4 is 11.5 Å². The summed E-state index contributed by atoms with van der Waals surface area (Å²) in [6.07, 6.45) is 0. The minimum absolute atomic E-state index is 0. The first-order chi connectivity index (χ1) is 6.69. The van der Waals surface area contributed by atoms with Crippen molar-refractivity contribution in [2.45, 2.75) is 6.54 Å². The Morgan fingerprint density at radius 2 is 2.06 bits per heavy atom. The van der Waals surface area contributed by atoms with Crippen molar-refractivity contribution in [2.75, 3.05) is 7.11 Å². The summed E-state index contributed by atoms with van der Waals surface area (Å²) in [6.45, 7) is 0.160. The van der Waals surface area contributed by atoms with Gasteiger partial charge in [0.15, 0.2) is 5.84 Å². The fraction of sp³-hybridized carbons (Fsp3) is 0.222. The number of halogens is 3. The lowest BCUT2D eigenvalue weighted by Crippen LogP contribution is -2.14. The molecule has 16 heavy (non-hydrogen) atoms. The molecule has 7 heteroatoms. The summed E-state index contributed by atoms with van der Waals surface area (Å²) in [5.41, 5.74) is 11.7. The van der Waals surface area contributed by atoms with Gasteiger partial charge in [0.2, 0.25) is 0 Å². The summed E-state index contributed by atoms with van der Waals surface area (Å²) < 4.78 is 13.2. The lowest BCUT2D eigenvalue weighted by molar-refractivity contribution is 0.213. The van der Waals surface area contributed by atoms with Gasteiger partial charge in [-0.25, -0.2) is 4.39 Å². The SMILES string of the molecule is CO/N=C(\N)c1ccc(CN)c(F)c1.Cl.Cl. The highest BCUT2D eigenvalue weighted by molar-refractivity contribution is 5.97. The summed E-state index contributed by atoms with van der Waals surface area (Å²) in [5, 5.41) is 3.49. The molecule has 0 heterocycles. The van der Waals surface area contributed by atoms with Crippen LogP contribution in [0.5, 0.6) is 0 Å². The second kappa shape index (κ2) is 8.15. The Kier molecular flexibility index (Phi) is 8.84. The normalized spacial score (nSPS) is 10.1. The second-order valence-electron chi connectivity index (χ2n) is 2.67. The van der Waals surface area contributed by atoms with Crippen molar-refractivity contribution in [1.82, 2.24) is 0 Å². The third-order valence-electron chi connectivity index (χ3n) is 1.76. The Morgan fingerprint density at radius 3 is 2.50 bits per heavy atom. The minimum atomic E-state index is -0.390. The molecule has 0 unspecified atom stereocenters. The van der Waals surface area contributed by atoms with E-state index in [1.165, 1.54) is 13.2 Å². The molecule has 92 valence electrons. The average Bonchev–Trinajstić information content (AvgIpc) is 2.18. The minimum Gasteiger partial charge on any atom is -0.397 e. The topological polar surface area (TPSA) is 73.6 Å². The van der Waals surface area contributed by atoms with Gasteiger partial charge in [-0.3, -0.25) is 0 Å². The summed E-state index contributed by atoms with van der Waals surface area (Å²) in [5.74, 6) is -0.255. The molecule has 0 saturated carbocycles. The van der Waals surface area contributed by atoms with Crippen LogP contribution in [0, 0.1) is 5.82 Å². The van der Waals surface area contributed by atoms with Crippen molar-refractivity contribution in [3.05, 3.63) is 35.1 Å². The van der Waals surface area contributed by atoms with E-state index in [9.17, 15) is 4.39 Å². The zero-order chi connectivity index (χ0) is 10.6. The van der Waals surface area contributed by atoms with Gasteiger partial charge in [-0.15, -0.1) is 24.8 Å². The molecule has 1 aromatic carbocycles. The molecule has 0 radical (unpaired) electrons. The number of amidine groups is 1. The second-order valence-corrected chi connectivity index (χ2v) is 2.67. The number of hydrogen-bond acceptors (Lipinski definition) is 3. The summed E-state index contributed by atoms with van der Waals surface area (Å²) in [6, 6.07) is 4.49. The first-order valence-corrected chi connectivity index (χ1v) is 4.04. The Balaban J connectivity index is 0. The third-order valence-corrected chi connectivity index (χ3v) is 1.76. The molecule has 0 saturated heterocycles. The van der Waals surface area contributed by atoms with E-state index in [0.29, 0.717) is 11.1 Å². The van der Waals surface area contributed by atoms with E-state index < -0.39 is 0 Å². The highest BCUT2D eigenvalue weighted by Gasteiger charge is 2.04. The number of nitrogens with zero attached hydrogens (tertiary/aromatic N) is 1. The van der Waals surface area contributed by atoms with Crippen molar-refractivity contribution in [1.29, 1.82) is 0 Å². The number of nitrogens with two attached hydrogens (primary N) is 2. The van der Waals surface area contributed by atoms with Gasteiger partial charge in [0, 0.05) is 17.7 Å². The van der Waals surface area contributed by atoms with Crippen molar-refractivity contribution >= 4 is 30.6 Å². The van der Waals surface area contributed by atoms with Crippen LogP contribution in [0.4, 0.5) is 4.39 Å². The van der Waals surface area contributed by atoms with Crippen LogP contribution >= 0.6 is 24.8 Å². The molecule has 0 amide bonds. The first-order valence-electron chi connectivity index (χ1n) is 4.04. The van der Waals surface area contributed by atoms with Gasteiger partial charge in [0.05, 0.1) is 0 Å². The van der Waals surface area contributed by atoms with E-state index in [4.69, 9.17) is 11.5 Å². The first kappa shape index (κ1) is 17.4. The molecule has 0 aliphatic rings. The Hall–Kier alpha value is -1.04. The van der Waals surface area contributed by atoms with Gasteiger partial charge in [0.25, 0.3) is 0 Å². The summed E-state index contributed by atoms with van der Waals surface area (Å²) in [7, 11) is 1.37. The standard InChI is InChI=1S/C9H12FN3O.2ClH/c1-14-13-9(12)6-2-3-7(5-11)8(10)4-6;;/h2-4H,5,11H2,1H3,(H2,12,13);2*1H. The van der Waals surface area contributed by atoms with Crippen molar-refractivity contribution < 1.29 is 9.23 Å². The predicted molar refractivity (Wildman–Crippen MR) is 66.5 cm³/mol. The highest BCUT2D eigenvalue weighted by Crippen LogP contribution is 2.09. The molecular formula is C9H14Cl2FN3O. The maximum absolute atomic E-state index is 13.2. The molecule has 0 aliphatic heterocycles. The van der Waals surface area contributed by atoms with E-state index in [-0.39, 0.29) is 43.0 Å². The van der Waals surface area contributed by atoms with E-state index in [1.807, 2.05) is 0 Å². The van der Waals surface area contributed by atoms with E-state index >= 15 is 0 Å². The van der Waals surface area contributed by atoms with Gasteiger partial charge in [-0.1, -0.05) is 17.3 Å². The number of hydrogen-bond donors (Lipinski definition) is 2. The van der Waals surface area contributed by atoms with Gasteiger partial charge < -0.3 is 16.3 Å². The smallest absolute Gasteiger partial charge is 0.170 e. The van der Waals surface area contributed by atoms with Gasteiger partial charge >= 0.3 is 0 Å². The largest absolute Gasteiger partial charge is 0.397 e. The van der Waals surface area contributed by atoms with Crippen LogP contribution in [0.25, 0.3) is 0 Å². The molecule has 0 aliphatic carbocycles. The Labute approximate surface area is 106 Å². The van der Waals surface area contributed by atoms with E-state index in [0.717, 1.165) is 0 Å². The predicted octanol–water partition coefficient (Wildman–Crippen LogP) is 1.39. The molecule has 0 bridgehead atoms. The van der Waals surface area contributed by atoms with E-state index in [1.54, 1.807) is 12.1 Å². The van der Waals surface area contributed by atoms with Crippen LogP contribution in [-0.2, 0) is 11.4 Å². The molecule has 0 spiro atoms. The number of rotatable bonds is 3. The van der Waals surface area contributed by atoms with Crippen LogP contribution in [0.2, 0.25) is 0 Å². The summed E-state index contributed by atoms with van der Waals surface area (Å²) in [4.78, 5) is 4.47. The van der Waals surface area contributed by atoms with Crippen molar-refractivity contribution in [3.63, 3.8) is 0 Å². The van der Waals surface area contributed by atoms with Gasteiger partial charge in [-0.05, 0) is 6.07 Å². The fourth-order valence-corrected chi connectivity index (χ4v) is 1.02. The maximum atomic E-state index is 13.2. The van der Waals surface area contributed by atoms with Crippen molar-refractivity contribution in [2.24, 2.45) is 16.6 Å². The molecule has 1 aromatic rings. The molecule has 4 N–H and O–H groups in total. The van der Waals surface area contributed by atoms with Crippen molar-refractivity contribution in [3.8, 4) is 0 Å². The molecular weight excluding hydrogens is 256 g/mol. The zero-order valence-corrected chi connectivity index (χ0v) is 10.3. The fourth-order valence-electron chi connectivity index (χ4n) is 1.02. The van der Waals surface area contributed by atoms with Gasteiger partial charge in [0.1, 0.15) is 12.9 Å². The van der Waals surface area contributed by atoms with Gasteiger partial charge in [-0.2, -0.15) is 0 Å². The van der Waals surface area contributed by atoms with Crippen LogP contribution in [0.1, 0.15) is 11.1 Å². The van der Waals surface area contributed by atoms with Crippen LogP contribution in [0.3, 0.4) is 0 Å². The average molecular weight is 270 g/mol. The lowest BCUT2D eigenvalue weighted by Gasteiger charge is -2.03. The Morgan fingerprint density at radius 1 is 1.44 bits per heavy atom. The summed E-state index contributed by atoms with van der Waals surface area (Å²) >= 11 is 0. The molecule has 0 aromatic heterocycles. The quantitative estimate of drug-likeness (QED) is 0.495. The van der Waals surface area contributed by atoms with E-state index in [2.05, 4.69) is 9.99 Å². The molecule has 4 nitrogen and oxygen atoms in total. The lowest BCUT2D eigenvalue weighted by atomic mass is 10.1. The monoisotopic (exact) mass is 269 g/mol. The molecule has 0 fully saturated rings. The Bertz CT molecular complexity index is 361.